The molecular formula is C28H38ClN3O4. The Morgan fingerprint density at radius 3 is 2.47 bits per heavy atom. The molecule has 6 rings (SSSR count). The van der Waals surface area contributed by atoms with Crippen molar-refractivity contribution in [2.75, 3.05) is 25.0 Å². The number of esters is 1. The van der Waals surface area contributed by atoms with Crippen molar-refractivity contribution in [2.24, 2.45) is 22.7 Å². The highest BCUT2D eigenvalue weighted by atomic mass is 35.5. The summed E-state index contributed by atoms with van der Waals surface area (Å²) < 4.78 is 5.14. The molecule has 0 spiro atoms. The molecule has 1 aromatic carbocycles. The maximum atomic E-state index is 13.1. The predicted octanol–water partition coefficient (Wildman–Crippen LogP) is 5.63. The third kappa shape index (κ3) is 4.96. The lowest BCUT2D eigenvalue weighted by molar-refractivity contribution is -0.149. The molecule has 5 aliphatic rings. The highest BCUT2D eigenvalue weighted by Crippen LogP contribution is 2.66. The van der Waals surface area contributed by atoms with E-state index in [4.69, 9.17) is 16.3 Å². The largest absolute Gasteiger partial charge is 0.466 e. The van der Waals surface area contributed by atoms with Gasteiger partial charge in [0, 0.05) is 24.2 Å². The summed E-state index contributed by atoms with van der Waals surface area (Å²) in [7, 11) is 0. The first-order valence-electron chi connectivity index (χ1n) is 13.4. The van der Waals surface area contributed by atoms with Gasteiger partial charge in [-0.1, -0.05) is 25.4 Å². The summed E-state index contributed by atoms with van der Waals surface area (Å²) in [6.07, 6.45) is 8.38. The molecular weight excluding hydrogens is 478 g/mol. The highest BCUT2D eigenvalue weighted by molar-refractivity contribution is 6.34. The number of hydrogen-bond acceptors (Lipinski definition) is 4. The summed E-state index contributed by atoms with van der Waals surface area (Å²) in [5.41, 5.74) is 1.39. The fraction of sp³-hybridized carbons (Fsp3) is 0.679. The van der Waals surface area contributed by atoms with Gasteiger partial charge in [-0.05, 0) is 93.2 Å². The fourth-order valence-electron chi connectivity index (χ4n) is 8.53. The van der Waals surface area contributed by atoms with Gasteiger partial charge in [0.05, 0.1) is 23.2 Å². The molecule has 5 atom stereocenters. The SMILES string of the molecule is CCOC(=O)C1CCCN(C(=O)c2ccc(NC(=O)NC34CC5C[C@@](C)(C3)C[C@](C)(C5)C4)c(Cl)c2)C1. The molecule has 4 bridgehead atoms. The second-order valence-corrected chi connectivity index (χ2v) is 12.9. The van der Waals surface area contributed by atoms with Crippen molar-refractivity contribution in [1.82, 2.24) is 10.2 Å². The van der Waals surface area contributed by atoms with Gasteiger partial charge in [0.2, 0.25) is 0 Å². The fourth-order valence-corrected chi connectivity index (χ4v) is 8.76. The van der Waals surface area contributed by atoms with Crippen LogP contribution >= 0.6 is 11.6 Å². The first-order chi connectivity index (χ1) is 17.0. The number of carbonyl (C=O) groups excluding carboxylic acids is 3. The number of carbonyl (C=O) groups is 3. The summed E-state index contributed by atoms with van der Waals surface area (Å²) >= 11 is 6.51. The number of ether oxygens (including phenoxy) is 1. The van der Waals surface area contributed by atoms with Crippen LogP contribution in [0.5, 0.6) is 0 Å². The van der Waals surface area contributed by atoms with Crippen molar-refractivity contribution >= 4 is 35.2 Å². The van der Waals surface area contributed by atoms with E-state index in [0.29, 0.717) is 52.7 Å². The van der Waals surface area contributed by atoms with Crippen molar-refractivity contribution < 1.29 is 19.1 Å². The number of anilines is 1. The Bertz CT molecular complexity index is 1060. The lowest BCUT2D eigenvalue weighted by Crippen LogP contribution is -2.65. The number of piperidine rings is 1. The molecule has 0 aromatic heterocycles. The minimum absolute atomic E-state index is 0.154. The maximum Gasteiger partial charge on any atom is 0.319 e. The summed E-state index contributed by atoms with van der Waals surface area (Å²) in [4.78, 5) is 40.0. The molecule has 36 heavy (non-hydrogen) atoms. The van der Waals surface area contributed by atoms with Crippen LogP contribution in [0.3, 0.4) is 0 Å². The van der Waals surface area contributed by atoms with Crippen LogP contribution in [0, 0.1) is 22.7 Å². The molecule has 1 aliphatic heterocycles. The quantitative estimate of drug-likeness (QED) is 0.498. The topological polar surface area (TPSA) is 87.7 Å². The smallest absolute Gasteiger partial charge is 0.319 e. The Morgan fingerprint density at radius 1 is 1.11 bits per heavy atom. The van der Waals surface area contributed by atoms with Crippen molar-refractivity contribution in [2.45, 2.75) is 77.7 Å². The van der Waals surface area contributed by atoms with Crippen LogP contribution < -0.4 is 10.6 Å². The van der Waals surface area contributed by atoms with Gasteiger partial charge in [-0.3, -0.25) is 9.59 Å². The van der Waals surface area contributed by atoms with E-state index in [1.54, 1.807) is 30.0 Å². The van der Waals surface area contributed by atoms with Gasteiger partial charge >= 0.3 is 12.0 Å². The summed E-state index contributed by atoms with van der Waals surface area (Å²) in [6, 6.07) is 4.73. The van der Waals surface area contributed by atoms with E-state index in [0.717, 1.165) is 32.1 Å². The summed E-state index contributed by atoms with van der Waals surface area (Å²) in [5.74, 6) is -0.0296. The molecule has 8 heteroatoms. The number of nitrogens with one attached hydrogen (secondary N) is 2. The molecule has 3 amide bonds. The second kappa shape index (κ2) is 9.23. The predicted molar refractivity (Wildman–Crippen MR) is 139 cm³/mol. The van der Waals surface area contributed by atoms with Gasteiger partial charge in [-0.15, -0.1) is 0 Å². The Labute approximate surface area is 218 Å². The van der Waals surface area contributed by atoms with Crippen LogP contribution in [0.2, 0.25) is 5.02 Å². The lowest BCUT2D eigenvalue weighted by atomic mass is 9.43. The normalized spacial score (nSPS) is 34.8. The van der Waals surface area contributed by atoms with Gasteiger partial charge in [0.25, 0.3) is 5.91 Å². The number of urea groups is 1. The lowest BCUT2D eigenvalue weighted by Gasteiger charge is -2.65. The molecule has 0 radical (unpaired) electrons. The van der Waals surface area contributed by atoms with Crippen molar-refractivity contribution in [3.8, 4) is 0 Å². The molecule has 1 saturated heterocycles. The third-order valence-corrected chi connectivity index (χ3v) is 9.11. The van der Waals surface area contributed by atoms with Crippen LogP contribution in [0.15, 0.2) is 18.2 Å². The maximum absolute atomic E-state index is 13.1. The van der Waals surface area contributed by atoms with Gasteiger partial charge in [0.1, 0.15) is 0 Å². The number of hydrogen-bond donors (Lipinski definition) is 2. The van der Waals surface area contributed by atoms with Crippen molar-refractivity contribution in [3.05, 3.63) is 28.8 Å². The van der Waals surface area contributed by atoms with Crippen LogP contribution in [-0.4, -0.2) is 48.0 Å². The number of halogens is 1. The Kier molecular flexibility index (Phi) is 6.51. The zero-order valence-electron chi connectivity index (χ0n) is 21.6. The van der Waals surface area contributed by atoms with Gasteiger partial charge in [0.15, 0.2) is 0 Å². The van der Waals surface area contributed by atoms with Crippen molar-refractivity contribution in [1.29, 1.82) is 0 Å². The third-order valence-electron chi connectivity index (χ3n) is 8.80. The van der Waals surface area contributed by atoms with Crippen molar-refractivity contribution in [3.63, 3.8) is 0 Å². The van der Waals surface area contributed by atoms with E-state index >= 15 is 0 Å². The van der Waals surface area contributed by atoms with E-state index in [2.05, 4.69) is 24.5 Å². The van der Waals surface area contributed by atoms with E-state index < -0.39 is 0 Å². The van der Waals surface area contributed by atoms with Gasteiger partial charge in [-0.2, -0.15) is 0 Å². The van der Waals surface area contributed by atoms with Gasteiger partial charge < -0.3 is 20.3 Å². The van der Waals surface area contributed by atoms with Crippen LogP contribution in [-0.2, 0) is 9.53 Å². The number of likely N-dealkylation sites (tertiary alicyclic amines) is 1. The summed E-state index contributed by atoms with van der Waals surface area (Å²) in [6.45, 7) is 7.82. The molecule has 2 N–H and O–H groups in total. The zero-order valence-corrected chi connectivity index (χ0v) is 22.4. The van der Waals surface area contributed by atoms with Crippen LogP contribution in [0.4, 0.5) is 10.5 Å². The number of amides is 3. The van der Waals surface area contributed by atoms with Crippen LogP contribution in [0.25, 0.3) is 0 Å². The molecule has 5 fully saturated rings. The van der Waals surface area contributed by atoms with E-state index in [9.17, 15) is 14.4 Å². The Hall–Kier alpha value is -2.28. The molecule has 4 aliphatic carbocycles. The molecule has 1 aromatic rings. The second-order valence-electron chi connectivity index (χ2n) is 12.5. The first kappa shape index (κ1) is 25.4. The highest BCUT2D eigenvalue weighted by Gasteiger charge is 2.60. The van der Waals surface area contributed by atoms with E-state index in [-0.39, 0.29) is 29.4 Å². The molecule has 4 saturated carbocycles. The Morgan fingerprint density at radius 2 is 1.83 bits per heavy atom. The zero-order chi connectivity index (χ0) is 25.7. The average molecular weight is 516 g/mol. The summed E-state index contributed by atoms with van der Waals surface area (Å²) in [5, 5.41) is 6.58. The van der Waals surface area contributed by atoms with Gasteiger partial charge in [-0.25, -0.2) is 4.79 Å². The number of rotatable bonds is 5. The molecule has 196 valence electrons. The number of benzene rings is 1. The van der Waals surface area contributed by atoms with E-state index in [1.807, 2.05) is 0 Å². The Balaban J connectivity index is 1.22. The first-order valence-corrected chi connectivity index (χ1v) is 13.7. The minimum Gasteiger partial charge on any atom is -0.466 e. The standard InChI is InChI=1S/C28H38ClN3O4/c1-4-36-24(34)20-6-5-9-32(14-20)23(33)19-7-8-22(21(29)10-19)30-25(35)31-28-13-18-11-26(2,16-28)15-27(3,12-18)17-28/h7-8,10,18,20H,4-6,9,11-17H2,1-3H3,(H2,30,31,35)/t18?,20?,26-,27+,28?. The monoisotopic (exact) mass is 515 g/mol. The van der Waals surface area contributed by atoms with Crippen LogP contribution in [0.1, 0.15) is 82.5 Å². The van der Waals surface area contributed by atoms with E-state index in [1.165, 1.54) is 19.3 Å². The molecule has 7 nitrogen and oxygen atoms in total. The molecule has 1 heterocycles. The average Bonchev–Trinajstić information content (AvgIpc) is 2.77. The molecule has 3 unspecified atom stereocenters. The minimum atomic E-state index is -0.295. The number of nitrogens with zero attached hydrogens (tertiary/aromatic N) is 1.